The Morgan fingerprint density at radius 3 is 2.19 bits per heavy atom. The van der Waals surface area contributed by atoms with Crippen LogP contribution < -0.4 is 10.4 Å². The van der Waals surface area contributed by atoms with Gasteiger partial charge in [0.2, 0.25) is 0 Å². The molecule has 0 aromatic heterocycles. The van der Waals surface area contributed by atoms with Gasteiger partial charge in [-0.25, -0.2) is 0 Å². The first-order valence-corrected chi connectivity index (χ1v) is 13.9. The van der Waals surface area contributed by atoms with Gasteiger partial charge in [0, 0.05) is 5.56 Å². The van der Waals surface area contributed by atoms with E-state index in [9.17, 15) is 0 Å². The second-order valence-electron chi connectivity index (χ2n) is 12.7. The third-order valence-electron chi connectivity index (χ3n) is 7.64. The summed E-state index contributed by atoms with van der Waals surface area (Å²) in [7, 11) is 0. The highest BCUT2D eigenvalue weighted by molar-refractivity contribution is 6.43. The van der Waals surface area contributed by atoms with Crippen LogP contribution in [0.1, 0.15) is 89.6 Å². The molecule has 0 bridgehead atoms. The molecule has 3 aromatic rings. The van der Waals surface area contributed by atoms with Gasteiger partial charge in [-0.2, -0.15) is 0 Å². The summed E-state index contributed by atoms with van der Waals surface area (Å²) in [5.74, 6) is 0. The fourth-order valence-corrected chi connectivity index (χ4v) is 6.22. The van der Waals surface area contributed by atoms with Crippen LogP contribution in [0.25, 0.3) is 33.9 Å². The second-order valence-corrected chi connectivity index (χ2v) is 13.5. The standard InChI is InChI=1S/C35H36Cl2/c1-20(2)27-19-28-23-16-15-22(34(3,4)5)17-21(23)18-29(28)31(32(27)35(6,7)8)25-12-9-11-24(25)26-13-10-14-30(36)33(26)37/h9-11,13-19H,12H2,1-8H3. The zero-order valence-corrected chi connectivity index (χ0v) is 24.7. The molecule has 2 aliphatic carbocycles. The Morgan fingerprint density at radius 1 is 0.811 bits per heavy atom. The maximum absolute atomic E-state index is 6.78. The molecule has 37 heavy (non-hydrogen) atoms. The maximum Gasteiger partial charge on any atom is 0.0670 e. The lowest BCUT2D eigenvalue weighted by molar-refractivity contribution is 0.583. The van der Waals surface area contributed by atoms with Crippen molar-refractivity contribution < 1.29 is 0 Å². The molecule has 0 aliphatic heterocycles. The normalized spacial score (nSPS) is 14.6. The van der Waals surface area contributed by atoms with Crippen LogP contribution in [0.2, 0.25) is 10.0 Å². The Kier molecular flexibility index (Phi) is 6.37. The van der Waals surface area contributed by atoms with E-state index in [2.05, 4.69) is 104 Å². The molecule has 2 aliphatic rings. The van der Waals surface area contributed by atoms with Crippen molar-refractivity contribution in [1.29, 1.82) is 0 Å². The van der Waals surface area contributed by atoms with Crippen molar-refractivity contribution in [3.05, 3.63) is 103 Å². The number of hydrogen-bond donors (Lipinski definition) is 0. The minimum absolute atomic E-state index is 0.0466. The van der Waals surface area contributed by atoms with Gasteiger partial charge in [-0.15, -0.1) is 0 Å². The Balaban J connectivity index is 1.94. The van der Waals surface area contributed by atoms with Crippen LogP contribution in [-0.4, -0.2) is 0 Å². The average molecular weight is 528 g/mol. The molecule has 190 valence electrons. The molecule has 0 heterocycles. The first-order chi connectivity index (χ1) is 17.3. The maximum atomic E-state index is 6.78. The van der Waals surface area contributed by atoms with Crippen molar-refractivity contribution >= 4 is 46.0 Å². The molecule has 0 spiro atoms. The highest BCUT2D eigenvalue weighted by atomic mass is 35.5. The first-order valence-electron chi connectivity index (χ1n) is 13.1. The molecule has 3 aromatic carbocycles. The lowest BCUT2D eigenvalue weighted by atomic mass is 9.76. The van der Waals surface area contributed by atoms with Crippen LogP contribution >= 0.6 is 23.2 Å². The Bertz CT molecular complexity index is 1630. The SMILES string of the molecule is CC(C)=c1cc2c(c(C3=C(c4cccc(Cl)c4Cl)C=CC3)c1C(C)(C)C)=Cc1cc(C(C)(C)C)ccc1-2. The van der Waals surface area contributed by atoms with E-state index in [0.29, 0.717) is 10.0 Å². The summed E-state index contributed by atoms with van der Waals surface area (Å²) in [5, 5.41) is 3.88. The van der Waals surface area contributed by atoms with Crippen LogP contribution in [-0.2, 0) is 10.8 Å². The van der Waals surface area contributed by atoms with Crippen LogP contribution in [0.15, 0.2) is 54.6 Å². The topological polar surface area (TPSA) is 0 Å². The minimum atomic E-state index is -0.0466. The smallest absolute Gasteiger partial charge is 0.0670 e. The minimum Gasteiger partial charge on any atom is -0.0827 e. The molecule has 0 fully saturated rings. The van der Waals surface area contributed by atoms with E-state index in [1.807, 2.05) is 12.1 Å². The fraction of sp³-hybridized carbons (Fsp3) is 0.314. The van der Waals surface area contributed by atoms with Gasteiger partial charge >= 0.3 is 0 Å². The lowest BCUT2D eigenvalue weighted by Crippen LogP contribution is -2.31. The van der Waals surface area contributed by atoms with E-state index in [-0.39, 0.29) is 10.8 Å². The molecule has 2 heteroatoms. The molecule has 5 rings (SSSR count). The molecule has 0 atom stereocenters. The fourth-order valence-electron chi connectivity index (χ4n) is 5.81. The third-order valence-corrected chi connectivity index (χ3v) is 8.46. The van der Waals surface area contributed by atoms with E-state index in [4.69, 9.17) is 23.2 Å². The van der Waals surface area contributed by atoms with Gasteiger partial charge in [0.1, 0.15) is 0 Å². The highest BCUT2D eigenvalue weighted by Gasteiger charge is 2.29. The monoisotopic (exact) mass is 526 g/mol. The van der Waals surface area contributed by atoms with Crippen molar-refractivity contribution in [1.82, 2.24) is 0 Å². The summed E-state index contributed by atoms with van der Waals surface area (Å²) < 4.78 is 0. The number of hydrogen-bond acceptors (Lipinski definition) is 0. The molecule has 0 radical (unpaired) electrons. The second kappa shape index (κ2) is 9.04. The van der Waals surface area contributed by atoms with Crippen LogP contribution in [0, 0.1) is 0 Å². The summed E-state index contributed by atoms with van der Waals surface area (Å²) in [6.07, 6.45) is 7.77. The number of halogens is 2. The van der Waals surface area contributed by atoms with Crippen molar-refractivity contribution in [3.8, 4) is 11.1 Å². The lowest BCUT2D eigenvalue weighted by Gasteiger charge is -2.27. The quantitative estimate of drug-likeness (QED) is 0.244. The van der Waals surface area contributed by atoms with Gasteiger partial charge < -0.3 is 0 Å². The zero-order chi connectivity index (χ0) is 26.9. The van der Waals surface area contributed by atoms with Crippen molar-refractivity contribution in [3.63, 3.8) is 0 Å². The van der Waals surface area contributed by atoms with Gasteiger partial charge in [-0.05, 0) is 104 Å². The zero-order valence-electron chi connectivity index (χ0n) is 23.2. The molecular formula is C35H36Cl2. The summed E-state index contributed by atoms with van der Waals surface area (Å²) >= 11 is 13.3. The number of allylic oxidation sites excluding steroid dienone is 4. The van der Waals surface area contributed by atoms with E-state index in [1.165, 1.54) is 60.5 Å². The predicted molar refractivity (Wildman–Crippen MR) is 164 cm³/mol. The van der Waals surface area contributed by atoms with Gasteiger partial charge in [0.05, 0.1) is 10.0 Å². The van der Waals surface area contributed by atoms with Gasteiger partial charge in [-0.3, -0.25) is 0 Å². The number of fused-ring (bicyclic) bond motifs is 3. The Morgan fingerprint density at radius 2 is 1.54 bits per heavy atom. The third kappa shape index (κ3) is 4.43. The highest BCUT2D eigenvalue weighted by Crippen LogP contribution is 2.43. The molecule has 0 saturated heterocycles. The average Bonchev–Trinajstić information content (AvgIpc) is 3.42. The van der Waals surface area contributed by atoms with E-state index in [0.717, 1.165) is 12.0 Å². The van der Waals surface area contributed by atoms with Crippen LogP contribution in [0.5, 0.6) is 0 Å². The Labute approximate surface area is 232 Å². The van der Waals surface area contributed by atoms with E-state index >= 15 is 0 Å². The summed E-state index contributed by atoms with van der Waals surface area (Å²) in [6.45, 7) is 18.3. The van der Waals surface area contributed by atoms with Gasteiger partial charge in [-0.1, -0.05) is 113 Å². The largest absolute Gasteiger partial charge is 0.0827 e. The summed E-state index contributed by atoms with van der Waals surface area (Å²) in [5.41, 5.74) is 13.0. The summed E-state index contributed by atoms with van der Waals surface area (Å²) in [4.78, 5) is 0. The molecule has 0 nitrogen and oxygen atoms in total. The van der Waals surface area contributed by atoms with Crippen LogP contribution in [0.3, 0.4) is 0 Å². The first kappa shape index (κ1) is 26.1. The Hall–Kier alpha value is -2.54. The molecule has 0 N–H and O–H groups in total. The summed E-state index contributed by atoms with van der Waals surface area (Å²) in [6, 6.07) is 15.4. The van der Waals surface area contributed by atoms with Crippen molar-refractivity contribution in [2.24, 2.45) is 0 Å². The number of benzene rings is 3. The van der Waals surface area contributed by atoms with Gasteiger partial charge in [0.15, 0.2) is 0 Å². The van der Waals surface area contributed by atoms with Gasteiger partial charge in [0.25, 0.3) is 0 Å². The van der Waals surface area contributed by atoms with Crippen LogP contribution in [0.4, 0.5) is 0 Å². The molecular weight excluding hydrogens is 491 g/mol. The van der Waals surface area contributed by atoms with Crippen molar-refractivity contribution in [2.75, 3.05) is 0 Å². The van der Waals surface area contributed by atoms with E-state index in [1.54, 1.807) is 0 Å². The molecule has 0 unspecified atom stereocenters. The predicted octanol–water partition coefficient (Wildman–Crippen LogP) is 9.46. The van der Waals surface area contributed by atoms with Crippen molar-refractivity contribution in [2.45, 2.75) is 72.6 Å². The number of rotatable bonds is 2. The van der Waals surface area contributed by atoms with E-state index < -0.39 is 0 Å². The molecule has 0 saturated carbocycles. The molecule has 0 amide bonds.